The molecule has 0 bridgehead atoms. The molecule has 0 aliphatic carbocycles. The fourth-order valence-corrected chi connectivity index (χ4v) is 2.19. The number of hydrogen-bond acceptors (Lipinski definition) is 4. The van der Waals surface area contributed by atoms with Gasteiger partial charge in [0.15, 0.2) is 0 Å². The number of rotatable bonds is 5. The van der Waals surface area contributed by atoms with E-state index in [1.54, 1.807) is 18.5 Å². The standard InChI is InChI=1S/C19H18N4O/c1-14-5-7-15(8-6-14)23-19(24)18-12-16(9-11-21-18)22-13-17-4-2-3-10-20-17/h2-12H,13H2,1H3,(H,21,22)(H,23,24). The summed E-state index contributed by atoms with van der Waals surface area (Å²) in [5.74, 6) is -0.236. The normalized spacial score (nSPS) is 10.2. The molecule has 0 atom stereocenters. The lowest BCUT2D eigenvalue weighted by Crippen LogP contribution is -2.14. The van der Waals surface area contributed by atoms with E-state index in [9.17, 15) is 4.79 Å². The molecule has 0 spiro atoms. The van der Waals surface area contributed by atoms with Gasteiger partial charge in [0.1, 0.15) is 5.69 Å². The zero-order valence-electron chi connectivity index (χ0n) is 13.4. The van der Waals surface area contributed by atoms with E-state index in [1.165, 1.54) is 0 Å². The van der Waals surface area contributed by atoms with E-state index >= 15 is 0 Å². The molecule has 3 aromatic rings. The first-order valence-electron chi connectivity index (χ1n) is 7.68. The Morgan fingerprint density at radius 2 is 1.79 bits per heavy atom. The molecule has 2 N–H and O–H groups in total. The van der Waals surface area contributed by atoms with Crippen LogP contribution in [0.25, 0.3) is 0 Å². The topological polar surface area (TPSA) is 66.9 Å². The van der Waals surface area contributed by atoms with Crippen LogP contribution in [0.5, 0.6) is 0 Å². The molecular weight excluding hydrogens is 300 g/mol. The smallest absolute Gasteiger partial charge is 0.274 e. The van der Waals surface area contributed by atoms with Gasteiger partial charge >= 0.3 is 0 Å². The second kappa shape index (κ2) is 7.37. The van der Waals surface area contributed by atoms with Crippen LogP contribution in [0.4, 0.5) is 11.4 Å². The molecule has 120 valence electrons. The van der Waals surface area contributed by atoms with E-state index < -0.39 is 0 Å². The van der Waals surface area contributed by atoms with E-state index in [0.29, 0.717) is 12.2 Å². The zero-order chi connectivity index (χ0) is 16.8. The molecule has 0 unspecified atom stereocenters. The molecule has 1 amide bonds. The van der Waals surface area contributed by atoms with Gasteiger partial charge in [0.25, 0.3) is 5.91 Å². The first kappa shape index (κ1) is 15.7. The van der Waals surface area contributed by atoms with E-state index in [0.717, 1.165) is 22.6 Å². The monoisotopic (exact) mass is 318 g/mol. The maximum absolute atomic E-state index is 12.3. The predicted molar refractivity (Wildman–Crippen MR) is 94.9 cm³/mol. The Hall–Kier alpha value is -3.21. The molecular formula is C19H18N4O. The summed E-state index contributed by atoms with van der Waals surface area (Å²) < 4.78 is 0. The third kappa shape index (κ3) is 4.16. The van der Waals surface area contributed by atoms with Gasteiger partial charge in [-0.05, 0) is 43.3 Å². The van der Waals surface area contributed by atoms with Gasteiger partial charge in [0, 0.05) is 23.8 Å². The van der Waals surface area contributed by atoms with Crippen LogP contribution in [0.3, 0.4) is 0 Å². The number of aromatic nitrogens is 2. The van der Waals surface area contributed by atoms with E-state index in [-0.39, 0.29) is 5.91 Å². The van der Waals surface area contributed by atoms with Crippen LogP contribution in [0.1, 0.15) is 21.7 Å². The summed E-state index contributed by atoms with van der Waals surface area (Å²) in [4.78, 5) is 20.7. The summed E-state index contributed by atoms with van der Waals surface area (Å²) in [6, 6.07) is 17.0. The van der Waals surface area contributed by atoms with E-state index in [2.05, 4.69) is 20.6 Å². The Bertz CT molecular complexity index is 816. The van der Waals surface area contributed by atoms with E-state index in [1.807, 2.05) is 55.5 Å². The molecule has 1 aromatic carbocycles. The fraction of sp³-hybridized carbons (Fsp3) is 0.105. The van der Waals surface area contributed by atoms with Crippen LogP contribution in [0.2, 0.25) is 0 Å². The van der Waals surface area contributed by atoms with Crippen molar-refractivity contribution in [3.63, 3.8) is 0 Å². The maximum atomic E-state index is 12.3. The number of benzene rings is 1. The van der Waals surface area contributed by atoms with Crippen LogP contribution in [-0.4, -0.2) is 15.9 Å². The van der Waals surface area contributed by atoms with Gasteiger partial charge in [-0.1, -0.05) is 23.8 Å². The number of carbonyl (C=O) groups is 1. The quantitative estimate of drug-likeness (QED) is 0.753. The Balaban J connectivity index is 1.65. The maximum Gasteiger partial charge on any atom is 0.274 e. The highest BCUT2D eigenvalue weighted by atomic mass is 16.1. The van der Waals surface area contributed by atoms with Gasteiger partial charge in [-0.2, -0.15) is 0 Å². The molecule has 0 saturated carbocycles. The molecule has 5 nitrogen and oxygen atoms in total. The second-order valence-electron chi connectivity index (χ2n) is 5.42. The average Bonchev–Trinajstić information content (AvgIpc) is 2.63. The Morgan fingerprint density at radius 3 is 2.54 bits per heavy atom. The van der Waals surface area contributed by atoms with Crippen LogP contribution in [0, 0.1) is 6.92 Å². The summed E-state index contributed by atoms with van der Waals surface area (Å²) in [7, 11) is 0. The predicted octanol–water partition coefficient (Wildman–Crippen LogP) is 3.65. The molecule has 5 heteroatoms. The molecule has 0 radical (unpaired) electrons. The van der Waals surface area contributed by atoms with Crippen molar-refractivity contribution < 1.29 is 4.79 Å². The first-order valence-corrected chi connectivity index (χ1v) is 7.68. The number of aryl methyl sites for hydroxylation is 1. The summed E-state index contributed by atoms with van der Waals surface area (Å²) in [6.07, 6.45) is 3.37. The molecule has 3 rings (SSSR count). The van der Waals surface area contributed by atoms with Crippen LogP contribution < -0.4 is 10.6 Å². The SMILES string of the molecule is Cc1ccc(NC(=O)c2cc(NCc3ccccn3)ccn2)cc1. The van der Waals surface area contributed by atoms with Gasteiger partial charge in [0.2, 0.25) is 0 Å². The molecule has 2 heterocycles. The summed E-state index contributed by atoms with van der Waals surface area (Å²) >= 11 is 0. The van der Waals surface area contributed by atoms with Crippen molar-refractivity contribution in [3.8, 4) is 0 Å². The lowest BCUT2D eigenvalue weighted by Gasteiger charge is -2.08. The van der Waals surface area contributed by atoms with Crippen molar-refractivity contribution in [2.75, 3.05) is 10.6 Å². The number of anilines is 2. The van der Waals surface area contributed by atoms with Crippen molar-refractivity contribution in [3.05, 3.63) is 83.9 Å². The van der Waals surface area contributed by atoms with Gasteiger partial charge in [-0.15, -0.1) is 0 Å². The minimum atomic E-state index is -0.236. The van der Waals surface area contributed by atoms with Crippen molar-refractivity contribution in [1.29, 1.82) is 0 Å². The summed E-state index contributed by atoms with van der Waals surface area (Å²) in [5.41, 5.74) is 4.01. The summed E-state index contributed by atoms with van der Waals surface area (Å²) in [6.45, 7) is 2.59. The Labute approximate surface area is 140 Å². The molecule has 24 heavy (non-hydrogen) atoms. The lowest BCUT2D eigenvalue weighted by atomic mass is 10.2. The van der Waals surface area contributed by atoms with Crippen LogP contribution >= 0.6 is 0 Å². The number of nitrogens with zero attached hydrogens (tertiary/aromatic N) is 2. The lowest BCUT2D eigenvalue weighted by molar-refractivity contribution is 0.102. The minimum absolute atomic E-state index is 0.236. The molecule has 0 saturated heterocycles. The second-order valence-corrected chi connectivity index (χ2v) is 5.42. The van der Waals surface area contributed by atoms with Gasteiger partial charge < -0.3 is 10.6 Å². The van der Waals surface area contributed by atoms with Gasteiger partial charge in [-0.3, -0.25) is 14.8 Å². The number of hydrogen-bond donors (Lipinski definition) is 2. The molecule has 0 aliphatic heterocycles. The van der Waals surface area contributed by atoms with E-state index in [4.69, 9.17) is 0 Å². The highest BCUT2D eigenvalue weighted by molar-refractivity contribution is 6.03. The minimum Gasteiger partial charge on any atom is -0.379 e. The number of amides is 1. The van der Waals surface area contributed by atoms with Crippen molar-refractivity contribution in [2.45, 2.75) is 13.5 Å². The van der Waals surface area contributed by atoms with Crippen LogP contribution in [-0.2, 0) is 6.54 Å². The third-order valence-electron chi connectivity index (χ3n) is 3.50. The summed E-state index contributed by atoms with van der Waals surface area (Å²) in [5, 5.41) is 6.09. The zero-order valence-corrected chi connectivity index (χ0v) is 13.4. The first-order chi connectivity index (χ1) is 11.7. The Kier molecular flexibility index (Phi) is 4.81. The van der Waals surface area contributed by atoms with Gasteiger partial charge in [0.05, 0.1) is 12.2 Å². The number of pyridine rings is 2. The Morgan fingerprint density at radius 1 is 0.958 bits per heavy atom. The largest absolute Gasteiger partial charge is 0.379 e. The van der Waals surface area contributed by atoms with Crippen LogP contribution in [0.15, 0.2) is 67.0 Å². The van der Waals surface area contributed by atoms with Crippen molar-refractivity contribution in [1.82, 2.24) is 9.97 Å². The van der Waals surface area contributed by atoms with Gasteiger partial charge in [-0.25, -0.2) is 0 Å². The molecule has 2 aromatic heterocycles. The number of nitrogens with one attached hydrogen (secondary N) is 2. The highest BCUT2D eigenvalue weighted by Gasteiger charge is 2.08. The fourth-order valence-electron chi connectivity index (χ4n) is 2.19. The molecule has 0 fully saturated rings. The molecule has 0 aliphatic rings. The number of carbonyl (C=O) groups excluding carboxylic acids is 1. The van der Waals surface area contributed by atoms with Crippen molar-refractivity contribution >= 4 is 17.3 Å². The van der Waals surface area contributed by atoms with Crippen molar-refractivity contribution in [2.24, 2.45) is 0 Å². The average molecular weight is 318 g/mol. The highest BCUT2D eigenvalue weighted by Crippen LogP contribution is 2.13. The third-order valence-corrected chi connectivity index (χ3v) is 3.50.